The molecule has 3 amide bonds. The number of aromatic amines is 3. The van der Waals surface area contributed by atoms with Gasteiger partial charge < -0.3 is 55.7 Å². The van der Waals surface area contributed by atoms with Crippen LogP contribution in [0.4, 0.5) is 11.9 Å². The van der Waals surface area contributed by atoms with Crippen LogP contribution in [0.2, 0.25) is 5.02 Å². The zero-order chi connectivity index (χ0) is 71.6. The van der Waals surface area contributed by atoms with Crippen LogP contribution in [0.5, 0.6) is 0 Å². The van der Waals surface area contributed by atoms with Gasteiger partial charge in [0.15, 0.2) is 5.16 Å². The maximum atomic E-state index is 13.7. The number of amides is 3. The van der Waals surface area contributed by atoms with Gasteiger partial charge in [-0.2, -0.15) is 54.9 Å². The van der Waals surface area contributed by atoms with E-state index in [1.54, 1.807) is 74.0 Å². The Morgan fingerprint density at radius 1 is 0.458 bits per heavy atom. The molecule has 0 unspecified atom stereocenters. The van der Waals surface area contributed by atoms with E-state index in [2.05, 4.69) is 99.5 Å². The fourth-order valence-corrected chi connectivity index (χ4v) is 12.6. The Morgan fingerprint density at radius 2 is 0.841 bits per heavy atom. The Balaban J connectivity index is 0.000000205. The van der Waals surface area contributed by atoms with Crippen molar-refractivity contribution in [2.24, 2.45) is 0 Å². The molecule has 34 heteroatoms. The lowest BCUT2D eigenvalue weighted by Gasteiger charge is -2.27. The second-order valence-corrected chi connectivity index (χ2v) is 26.0. The molecule has 0 spiro atoms. The van der Waals surface area contributed by atoms with Gasteiger partial charge in [-0.3, -0.25) is 28.8 Å². The van der Waals surface area contributed by atoms with Crippen molar-refractivity contribution in [1.29, 1.82) is 0 Å². The van der Waals surface area contributed by atoms with Crippen LogP contribution in [-0.2, 0) is 5.48 Å². The molecule has 3 saturated heterocycles. The van der Waals surface area contributed by atoms with Crippen molar-refractivity contribution in [1.82, 2.24) is 110 Å². The Hall–Kier alpha value is -11.5. The number of H-pyrrole nitrogens is 3. The van der Waals surface area contributed by atoms with Crippen molar-refractivity contribution >= 4 is 86.1 Å². The lowest BCUT2D eigenvalue weighted by molar-refractivity contribution is 0.0696. The third kappa shape index (κ3) is 19.5. The summed E-state index contributed by atoms with van der Waals surface area (Å²) < 4.78 is 0. The molecule has 0 bridgehead atoms. The predicted octanol–water partition coefficient (Wildman–Crippen LogP) is 8.60. The Labute approximate surface area is 626 Å². The van der Waals surface area contributed by atoms with E-state index < -0.39 is 0 Å². The second kappa shape index (κ2) is 37.4. The first-order chi connectivity index (χ1) is 49.3. The lowest BCUT2D eigenvalue weighted by atomic mass is 10.1. The van der Waals surface area contributed by atoms with E-state index in [0.29, 0.717) is 107 Å². The molecular weight excluding hydrogens is 1410 g/mol. The summed E-state index contributed by atoms with van der Waals surface area (Å²) in [5.74, 6) is 0.979. The molecular formula is C73H88ClN24O8S-3. The lowest BCUT2D eigenvalue weighted by Crippen LogP contribution is -2.40. The van der Waals surface area contributed by atoms with Crippen molar-refractivity contribution in [2.45, 2.75) is 106 Å². The maximum absolute atomic E-state index is 13.7. The van der Waals surface area contributed by atoms with Gasteiger partial charge in [0, 0.05) is 117 Å². The van der Waals surface area contributed by atoms with Crippen LogP contribution >= 0.6 is 23.4 Å². The number of halogens is 1. The van der Waals surface area contributed by atoms with Crippen molar-refractivity contribution in [3.63, 3.8) is 0 Å². The van der Waals surface area contributed by atoms with E-state index in [9.17, 15) is 28.8 Å². The smallest absolute Gasteiger partial charge is 0.268 e. The number of nitrogens with zero attached hydrogens (tertiary/aromatic N) is 20. The van der Waals surface area contributed by atoms with E-state index in [1.165, 1.54) is 38.3 Å². The van der Waals surface area contributed by atoms with Gasteiger partial charge in [-0.05, 0) is 128 Å². The maximum Gasteiger partial charge on any atom is 0.268 e. The molecule has 3 aliphatic rings. The molecule has 15 rings (SSSR count). The monoisotopic (exact) mass is 1500 g/mol. The number of aromatic nitrogens is 18. The van der Waals surface area contributed by atoms with Crippen molar-refractivity contribution in [3.05, 3.63) is 210 Å². The van der Waals surface area contributed by atoms with E-state index >= 15 is 0 Å². The van der Waals surface area contributed by atoms with Gasteiger partial charge in [0.25, 0.3) is 23.3 Å². The topological polar surface area (TPSA) is 406 Å². The molecule has 32 nitrogen and oxygen atoms in total. The third-order valence-electron chi connectivity index (χ3n) is 17.7. The number of benzene rings is 3. The van der Waals surface area contributed by atoms with E-state index in [1.807, 2.05) is 108 Å². The quantitative estimate of drug-likeness (QED) is 0.0775. The largest absolute Gasteiger partial charge is 2.00 e. The number of hydrogen-bond acceptors (Lipinski definition) is 23. The molecule has 3 atom stereocenters. The fourth-order valence-electron chi connectivity index (χ4n) is 12.1. The minimum Gasteiger partial charge on any atom is -2.00 e. The van der Waals surface area contributed by atoms with Crippen LogP contribution in [0, 0.1) is 20.8 Å². The molecule has 12 aromatic rings. The Bertz CT molecular complexity index is 5160. The van der Waals surface area contributed by atoms with E-state index in [0.717, 1.165) is 72.0 Å². The van der Waals surface area contributed by atoms with E-state index in [4.69, 9.17) is 11.6 Å². The number of thioether (sulfide) groups is 1. The van der Waals surface area contributed by atoms with Crippen LogP contribution in [0.3, 0.4) is 0 Å². The molecule has 3 aliphatic heterocycles. The molecule has 3 fully saturated rings. The summed E-state index contributed by atoms with van der Waals surface area (Å²) in [7, 11) is 0. The first kappa shape index (κ1) is 82.8. The fraction of sp³-hybridized carbons (Fsp3) is 0.342. The van der Waals surface area contributed by atoms with Crippen molar-refractivity contribution in [3.8, 4) is 17.1 Å². The van der Waals surface area contributed by atoms with Crippen LogP contribution in [0.15, 0.2) is 160 Å². The summed E-state index contributed by atoms with van der Waals surface area (Å²) in [6.07, 6.45) is 19.0. The van der Waals surface area contributed by atoms with Gasteiger partial charge >= 0.3 is 0 Å². The normalized spacial score (nSPS) is 15.6. The Kier molecular flexibility index (Phi) is 29.0. The van der Waals surface area contributed by atoms with Crippen molar-refractivity contribution in [2.75, 3.05) is 75.0 Å². The molecule has 107 heavy (non-hydrogen) atoms. The molecule has 5 N–H and O–H groups in total. The number of carbonyl (C=O) groups is 3. The summed E-state index contributed by atoms with van der Waals surface area (Å²) >= 11 is 7.35. The average Bonchev–Trinajstić information content (AvgIpc) is 1.74. The summed E-state index contributed by atoms with van der Waals surface area (Å²) in [6.45, 7) is 18.2. The standard InChI is InChI=1S/C23H23ClN8O2.C23H24N8O2.C16H21N5O.C8H7N3OS.3CH4.H2O.O/c1-14-3-4-19(32-26-6-7-27-32)17(11-14)22(34)31-10-9-30(8-5-15(31)2)23-25-13-16-12-18(24)21(33)28-20(16)29-23;1-15-3-5-19(31-25-8-9-26-31)18(13-15)22(33)30-12-11-29(10-7-16(30)2)23-24-14-17-4-6-20(32)27-21(17)28-23;1-12-3-4-15(21-18-7-8-19-21)14(11-12)16(22)20-10-9-17-6-5-13(20)2;1-13-8-9-4-5-2-3-6(12)10-7(5)11-8;;;;;/h3-4,6-7,11-13,15H,5,8-10H2,1-2H3,(H,25,28,29,33);3-6,8-9,13-14,16H,7,10-12H2,1-2H3,(H,24,27,28,32);3-4,7-8,11,13,17H,5-6,9-10H2,1-2H3;2-4H,1H3,(H,9,10,11,12);3*1H4;1H2;/q;;;;;;;;-2/p-1/t15-;16-;13-;;;;;;/m111....../s1. The highest BCUT2D eigenvalue weighted by Gasteiger charge is 2.32. The number of pyridine rings is 3. The number of aryl methyl sites for hydroxylation is 3. The molecule has 0 saturated carbocycles. The molecule has 0 aliphatic carbocycles. The predicted molar refractivity (Wildman–Crippen MR) is 411 cm³/mol. The van der Waals surface area contributed by atoms with Crippen LogP contribution in [-0.4, -0.2) is 211 Å². The van der Waals surface area contributed by atoms with Gasteiger partial charge in [0.05, 0.1) is 70.9 Å². The van der Waals surface area contributed by atoms with E-state index in [-0.39, 0.29) is 90.8 Å². The highest BCUT2D eigenvalue weighted by Crippen LogP contribution is 2.27. The van der Waals surface area contributed by atoms with Gasteiger partial charge in [-0.25, -0.2) is 19.9 Å². The Morgan fingerprint density at radius 3 is 1.27 bits per heavy atom. The first-order valence-corrected chi connectivity index (χ1v) is 34.8. The van der Waals surface area contributed by atoms with Gasteiger partial charge in [-0.1, -0.05) is 80.5 Å². The molecule has 12 heterocycles. The van der Waals surface area contributed by atoms with Crippen molar-refractivity contribution < 1.29 is 25.3 Å². The van der Waals surface area contributed by atoms with Gasteiger partial charge in [0.2, 0.25) is 23.0 Å². The zero-order valence-corrected chi connectivity index (χ0v) is 59.6. The minimum atomic E-state index is -0.388. The number of fused-ring (bicyclic) bond motifs is 3. The summed E-state index contributed by atoms with van der Waals surface area (Å²) in [5.41, 5.74) is 7.67. The van der Waals surface area contributed by atoms with Crippen LogP contribution in [0.1, 0.15) is 110 Å². The third-order valence-corrected chi connectivity index (χ3v) is 18.6. The summed E-state index contributed by atoms with van der Waals surface area (Å²) in [6, 6.07) is 25.4. The number of carbonyl (C=O) groups excluding carboxylic acids is 3. The molecule has 3 aromatic carbocycles. The van der Waals surface area contributed by atoms with Gasteiger partial charge in [0.1, 0.15) is 22.0 Å². The highest BCUT2D eigenvalue weighted by molar-refractivity contribution is 7.98. The average molecular weight is 1500 g/mol. The summed E-state index contributed by atoms with van der Waals surface area (Å²) in [4.78, 5) is 124. The minimum absolute atomic E-state index is 0. The van der Waals surface area contributed by atoms with Gasteiger partial charge in [-0.15, -0.1) is 0 Å². The number of rotatable bonds is 9. The summed E-state index contributed by atoms with van der Waals surface area (Å²) in [5, 5.41) is 31.5. The number of nitrogens with one attached hydrogen (secondary N) is 4. The first-order valence-electron chi connectivity index (χ1n) is 33.2. The molecule has 564 valence electrons. The zero-order valence-electron chi connectivity index (χ0n) is 58.0. The molecule has 9 aromatic heterocycles. The van der Waals surface area contributed by atoms with Crippen LogP contribution in [0.25, 0.3) is 50.2 Å². The molecule has 0 radical (unpaired) electrons. The SMILES string of the molecule is C.C.C.CSc1ncc2ccc(=O)[nH]c2n1.Cc1ccc(-n2nccn2)c(C(=O)N2CCN(c3ncc4cc(Cl)c(=O)[nH]c4n3)CC[C@H]2C)c1.Cc1ccc(-n2nccn2)c(C(=O)N2CCN(c3ncc4ccc(=O)[nH]c4n3)CC[C@H]2C)c1.Cc1ccc(-n2nccn2)c(C(=O)N2CCNCC[C@H]2C)c1.[O-2].[OH-]. The second-order valence-electron chi connectivity index (χ2n) is 24.9. The highest BCUT2D eigenvalue weighted by atomic mass is 35.5. The van der Waals surface area contributed by atoms with Crippen LogP contribution < -0.4 is 31.8 Å². The number of hydrogen-bond donors (Lipinski definition) is 4. The number of anilines is 2.